The highest BCUT2D eigenvalue weighted by molar-refractivity contribution is 6.32. The molecular formula is C19H26ClN3O2. The number of rotatable bonds is 7. The minimum atomic E-state index is -0.414. The van der Waals surface area contributed by atoms with Crippen molar-refractivity contribution in [2.75, 3.05) is 11.9 Å². The molecule has 0 unspecified atom stereocenters. The SMILES string of the molecule is CCCOCc1ccccc1CNc1cnn(C(C)(C)C)c(=O)c1Cl. The molecule has 0 saturated carbocycles. The van der Waals surface area contributed by atoms with Gasteiger partial charge in [0, 0.05) is 13.2 Å². The fourth-order valence-electron chi connectivity index (χ4n) is 2.42. The molecule has 0 amide bonds. The van der Waals surface area contributed by atoms with Gasteiger partial charge in [0.1, 0.15) is 5.02 Å². The molecule has 1 N–H and O–H groups in total. The minimum Gasteiger partial charge on any atom is -0.378 e. The molecule has 0 aliphatic carbocycles. The first-order chi connectivity index (χ1) is 11.8. The van der Waals surface area contributed by atoms with Crippen molar-refractivity contribution in [2.45, 2.75) is 52.8 Å². The first kappa shape index (κ1) is 19.5. The van der Waals surface area contributed by atoms with Crippen molar-refractivity contribution in [2.24, 2.45) is 0 Å². The molecule has 136 valence electrons. The molecule has 1 heterocycles. The third kappa shape index (κ3) is 5.06. The summed E-state index contributed by atoms with van der Waals surface area (Å²) in [5.41, 5.74) is 2.06. The van der Waals surface area contributed by atoms with Crippen LogP contribution in [0.4, 0.5) is 5.69 Å². The van der Waals surface area contributed by atoms with Gasteiger partial charge in [-0.05, 0) is 38.3 Å². The molecule has 1 aromatic heterocycles. The fraction of sp³-hybridized carbons (Fsp3) is 0.474. The number of hydrogen-bond donors (Lipinski definition) is 1. The van der Waals surface area contributed by atoms with Gasteiger partial charge in [-0.25, -0.2) is 4.68 Å². The minimum absolute atomic E-state index is 0.157. The van der Waals surface area contributed by atoms with Crippen molar-refractivity contribution in [3.63, 3.8) is 0 Å². The van der Waals surface area contributed by atoms with Crippen LogP contribution >= 0.6 is 11.6 Å². The molecule has 5 nitrogen and oxygen atoms in total. The lowest BCUT2D eigenvalue weighted by atomic mass is 10.1. The summed E-state index contributed by atoms with van der Waals surface area (Å²) < 4.78 is 7.03. The van der Waals surface area contributed by atoms with E-state index >= 15 is 0 Å². The Kier molecular flexibility index (Phi) is 6.62. The van der Waals surface area contributed by atoms with Gasteiger partial charge in [-0.3, -0.25) is 4.79 Å². The Morgan fingerprint density at radius 2 is 1.92 bits per heavy atom. The lowest BCUT2D eigenvalue weighted by Gasteiger charge is -2.21. The second-order valence-corrected chi connectivity index (χ2v) is 7.31. The number of halogens is 1. The molecule has 6 heteroatoms. The first-order valence-corrected chi connectivity index (χ1v) is 8.89. The van der Waals surface area contributed by atoms with Gasteiger partial charge in [-0.2, -0.15) is 5.10 Å². The van der Waals surface area contributed by atoms with E-state index < -0.39 is 5.54 Å². The van der Waals surface area contributed by atoms with Crippen molar-refractivity contribution >= 4 is 17.3 Å². The van der Waals surface area contributed by atoms with Crippen molar-refractivity contribution in [1.82, 2.24) is 9.78 Å². The third-order valence-corrected chi connectivity index (χ3v) is 4.11. The van der Waals surface area contributed by atoms with E-state index in [1.54, 1.807) is 6.20 Å². The Morgan fingerprint density at radius 3 is 2.56 bits per heavy atom. The van der Waals surface area contributed by atoms with Crippen LogP contribution < -0.4 is 10.9 Å². The lowest BCUT2D eigenvalue weighted by molar-refractivity contribution is 0.121. The summed E-state index contributed by atoms with van der Waals surface area (Å²) in [5, 5.41) is 7.61. The summed E-state index contributed by atoms with van der Waals surface area (Å²) in [5.74, 6) is 0. The van der Waals surface area contributed by atoms with Crippen LogP contribution in [0, 0.1) is 0 Å². The number of nitrogens with zero attached hydrogens (tertiary/aromatic N) is 2. The van der Waals surface area contributed by atoms with E-state index in [0.29, 0.717) is 18.8 Å². The number of ether oxygens (including phenoxy) is 1. The monoisotopic (exact) mass is 363 g/mol. The first-order valence-electron chi connectivity index (χ1n) is 8.51. The van der Waals surface area contributed by atoms with Crippen molar-refractivity contribution in [3.05, 3.63) is 57.0 Å². The van der Waals surface area contributed by atoms with Crippen molar-refractivity contribution < 1.29 is 4.74 Å². The van der Waals surface area contributed by atoms with E-state index in [1.165, 1.54) is 4.68 Å². The number of anilines is 1. The quantitative estimate of drug-likeness (QED) is 0.749. The summed E-state index contributed by atoms with van der Waals surface area (Å²) in [6, 6.07) is 8.06. The highest BCUT2D eigenvalue weighted by Gasteiger charge is 2.19. The Morgan fingerprint density at radius 1 is 1.24 bits per heavy atom. The van der Waals surface area contributed by atoms with E-state index in [4.69, 9.17) is 16.3 Å². The lowest BCUT2D eigenvalue weighted by Crippen LogP contribution is -2.36. The Balaban J connectivity index is 2.15. The Hall–Kier alpha value is -1.85. The Labute approximate surface area is 154 Å². The predicted molar refractivity (Wildman–Crippen MR) is 102 cm³/mol. The van der Waals surface area contributed by atoms with Crippen LogP contribution in [0.1, 0.15) is 45.2 Å². The average molecular weight is 364 g/mol. The molecule has 0 fully saturated rings. The zero-order valence-corrected chi connectivity index (χ0v) is 16.1. The topological polar surface area (TPSA) is 56.1 Å². The summed E-state index contributed by atoms with van der Waals surface area (Å²) in [7, 11) is 0. The van der Waals surface area contributed by atoms with E-state index in [1.807, 2.05) is 45.0 Å². The van der Waals surface area contributed by atoms with Crippen LogP contribution in [0.5, 0.6) is 0 Å². The fourth-order valence-corrected chi connectivity index (χ4v) is 2.62. The van der Waals surface area contributed by atoms with Crippen molar-refractivity contribution in [3.8, 4) is 0 Å². The summed E-state index contributed by atoms with van der Waals surface area (Å²) in [4.78, 5) is 12.4. The van der Waals surface area contributed by atoms with E-state index in [0.717, 1.165) is 24.2 Å². The van der Waals surface area contributed by atoms with E-state index in [-0.39, 0.29) is 10.6 Å². The van der Waals surface area contributed by atoms with Crippen LogP contribution in [-0.2, 0) is 23.4 Å². The van der Waals surface area contributed by atoms with Crippen molar-refractivity contribution in [1.29, 1.82) is 0 Å². The average Bonchev–Trinajstić information content (AvgIpc) is 2.56. The van der Waals surface area contributed by atoms with Gasteiger partial charge in [0.15, 0.2) is 0 Å². The zero-order chi connectivity index (χ0) is 18.4. The molecule has 25 heavy (non-hydrogen) atoms. The predicted octanol–water partition coefficient (Wildman–Crippen LogP) is 4.19. The summed E-state index contributed by atoms with van der Waals surface area (Å²) in [6.07, 6.45) is 2.59. The normalized spacial score (nSPS) is 11.6. The maximum absolute atomic E-state index is 12.4. The van der Waals surface area contributed by atoms with Gasteiger partial charge < -0.3 is 10.1 Å². The molecule has 0 spiro atoms. The molecule has 0 aliphatic rings. The molecule has 0 atom stereocenters. The Bertz CT molecular complexity index is 766. The standard InChI is InChI=1S/C19H26ClN3O2/c1-5-10-25-13-15-9-7-6-8-14(15)11-21-16-12-22-23(19(2,3)4)18(24)17(16)20/h6-9,12,21H,5,10-11,13H2,1-4H3. The highest BCUT2D eigenvalue weighted by atomic mass is 35.5. The van der Waals surface area contributed by atoms with Crippen LogP contribution in [0.25, 0.3) is 0 Å². The molecule has 0 bridgehead atoms. The molecular weight excluding hydrogens is 338 g/mol. The summed E-state index contributed by atoms with van der Waals surface area (Å²) >= 11 is 6.25. The smallest absolute Gasteiger partial charge is 0.288 e. The molecule has 0 radical (unpaired) electrons. The molecule has 0 saturated heterocycles. The van der Waals surface area contributed by atoms with Gasteiger partial charge in [-0.15, -0.1) is 0 Å². The van der Waals surface area contributed by atoms with Gasteiger partial charge >= 0.3 is 0 Å². The second-order valence-electron chi connectivity index (χ2n) is 6.93. The molecule has 2 aromatic rings. The van der Waals surface area contributed by atoms with Gasteiger partial charge in [0.05, 0.1) is 24.0 Å². The molecule has 0 aliphatic heterocycles. The highest BCUT2D eigenvalue weighted by Crippen LogP contribution is 2.20. The van der Waals surface area contributed by atoms with Crippen LogP contribution in [0.3, 0.4) is 0 Å². The van der Waals surface area contributed by atoms with Gasteiger partial charge in [-0.1, -0.05) is 42.8 Å². The van der Waals surface area contributed by atoms with E-state index in [2.05, 4.69) is 17.3 Å². The van der Waals surface area contributed by atoms with Gasteiger partial charge in [0.2, 0.25) is 0 Å². The van der Waals surface area contributed by atoms with E-state index in [9.17, 15) is 4.79 Å². The zero-order valence-electron chi connectivity index (χ0n) is 15.3. The van der Waals surface area contributed by atoms with Crippen LogP contribution in [0.2, 0.25) is 5.02 Å². The van der Waals surface area contributed by atoms with Gasteiger partial charge in [0.25, 0.3) is 5.56 Å². The van der Waals surface area contributed by atoms with Crippen LogP contribution in [-0.4, -0.2) is 16.4 Å². The third-order valence-electron chi connectivity index (χ3n) is 3.75. The maximum Gasteiger partial charge on any atom is 0.288 e. The van der Waals surface area contributed by atoms with Crippen LogP contribution in [0.15, 0.2) is 35.3 Å². The molecule has 2 rings (SSSR count). The molecule has 1 aromatic carbocycles. The number of aromatic nitrogens is 2. The number of benzene rings is 1. The number of hydrogen-bond acceptors (Lipinski definition) is 4. The summed E-state index contributed by atoms with van der Waals surface area (Å²) in [6.45, 7) is 9.69. The number of nitrogens with one attached hydrogen (secondary N) is 1. The largest absolute Gasteiger partial charge is 0.378 e. The maximum atomic E-state index is 12.4. The second kappa shape index (κ2) is 8.50.